The van der Waals surface area contributed by atoms with E-state index in [1.54, 1.807) is 12.1 Å². The summed E-state index contributed by atoms with van der Waals surface area (Å²) in [5.41, 5.74) is 1.59. The van der Waals surface area contributed by atoms with Gasteiger partial charge in [0.05, 0.1) is 22.6 Å². The van der Waals surface area contributed by atoms with Crippen LogP contribution in [0.4, 0.5) is 13.2 Å². The van der Waals surface area contributed by atoms with E-state index in [-0.39, 0.29) is 10.9 Å². The molecule has 0 unspecified atom stereocenters. The van der Waals surface area contributed by atoms with Crippen molar-refractivity contribution >= 4 is 27.5 Å². The van der Waals surface area contributed by atoms with Crippen molar-refractivity contribution in [3.8, 4) is 0 Å². The third-order valence-corrected chi connectivity index (χ3v) is 4.49. The molecule has 0 saturated heterocycles. The van der Waals surface area contributed by atoms with Crippen LogP contribution in [-0.4, -0.2) is 39.4 Å². The van der Waals surface area contributed by atoms with E-state index in [0.29, 0.717) is 17.4 Å². The van der Waals surface area contributed by atoms with Gasteiger partial charge >= 0.3 is 6.18 Å². The van der Waals surface area contributed by atoms with Crippen molar-refractivity contribution in [3.05, 3.63) is 58.5 Å². The normalized spacial score (nSPS) is 15.1. The first-order chi connectivity index (χ1) is 12.3. The van der Waals surface area contributed by atoms with Gasteiger partial charge in [-0.05, 0) is 17.7 Å². The van der Waals surface area contributed by atoms with Gasteiger partial charge in [0.25, 0.3) is 5.56 Å². The molecule has 0 amide bonds. The van der Waals surface area contributed by atoms with Crippen LogP contribution in [0.25, 0.3) is 27.5 Å². The summed E-state index contributed by atoms with van der Waals surface area (Å²) >= 11 is 0. The molecule has 4 rings (SSSR count). The first kappa shape index (κ1) is 16.4. The minimum absolute atomic E-state index is 0.145. The summed E-state index contributed by atoms with van der Waals surface area (Å²) in [6.07, 6.45) is 2.54. The molecular weight excluding hydrogens is 345 g/mol. The maximum absolute atomic E-state index is 13.1. The SMILES string of the molecule is CN1CC=CC=C1c1ccc2c3[nH]ncc3c(=O)n(CC(F)(F)F)c2c1. The molecule has 1 aromatic carbocycles. The number of nitrogens with zero attached hydrogens (tertiary/aromatic N) is 3. The maximum Gasteiger partial charge on any atom is 0.406 e. The highest BCUT2D eigenvalue weighted by atomic mass is 19.4. The van der Waals surface area contributed by atoms with Crippen molar-refractivity contribution in [1.29, 1.82) is 0 Å². The molecule has 3 heterocycles. The maximum atomic E-state index is 13.1. The number of rotatable bonds is 2. The summed E-state index contributed by atoms with van der Waals surface area (Å²) in [4.78, 5) is 14.6. The average Bonchev–Trinajstić information content (AvgIpc) is 3.08. The summed E-state index contributed by atoms with van der Waals surface area (Å²) in [5.74, 6) is 0. The molecule has 5 nitrogen and oxygen atoms in total. The number of H-pyrrole nitrogens is 1. The Balaban J connectivity index is 2.03. The topological polar surface area (TPSA) is 53.9 Å². The number of hydrogen-bond acceptors (Lipinski definition) is 3. The van der Waals surface area contributed by atoms with Gasteiger partial charge < -0.3 is 4.90 Å². The van der Waals surface area contributed by atoms with Gasteiger partial charge in [0, 0.05) is 24.7 Å². The van der Waals surface area contributed by atoms with Gasteiger partial charge in [0.15, 0.2) is 0 Å². The molecule has 0 radical (unpaired) electrons. The second-order valence-corrected chi connectivity index (χ2v) is 6.26. The van der Waals surface area contributed by atoms with Crippen molar-refractivity contribution in [2.24, 2.45) is 0 Å². The smallest absolute Gasteiger partial charge is 0.370 e. The fourth-order valence-corrected chi connectivity index (χ4v) is 3.29. The Bertz CT molecular complexity index is 1120. The lowest BCUT2D eigenvalue weighted by Crippen LogP contribution is -2.28. The number of aromatic nitrogens is 3. The molecule has 0 atom stereocenters. The molecule has 0 bridgehead atoms. The van der Waals surface area contributed by atoms with E-state index < -0.39 is 18.3 Å². The number of halogens is 3. The molecule has 2 aromatic heterocycles. The van der Waals surface area contributed by atoms with Gasteiger partial charge in [-0.3, -0.25) is 14.5 Å². The highest BCUT2D eigenvalue weighted by Crippen LogP contribution is 2.29. The number of benzene rings is 1. The molecule has 0 aliphatic carbocycles. The molecular formula is C18H15F3N4O. The molecule has 1 aliphatic heterocycles. The zero-order chi connectivity index (χ0) is 18.5. The first-order valence-electron chi connectivity index (χ1n) is 8.00. The van der Waals surface area contributed by atoms with E-state index in [1.807, 2.05) is 36.2 Å². The summed E-state index contributed by atoms with van der Waals surface area (Å²) in [6.45, 7) is -0.638. The monoisotopic (exact) mass is 360 g/mol. The van der Waals surface area contributed by atoms with Crippen molar-refractivity contribution in [2.45, 2.75) is 12.7 Å². The third kappa shape index (κ3) is 2.67. The average molecular weight is 360 g/mol. The Morgan fingerprint density at radius 2 is 2.08 bits per heavy atom. The second-order valence-electron chi connectivity index (χ2n) is 6.26. The first-order valence-corrected chi connectivity index (χ1v) is 8.00. The highest BCUT2D eigenvalue weighted by Gasteiger charge is 2.30. The molecule has 8 heteroatoms. The van der Waals surface area contributed by atoms with E-state index in [1.165, 1.54) is 6.20 Å². The lowest BCUT2D eigenvalue weighted by atomic mass is 10.0. The van der Waals surface area contributed by atoms with Crippen molar-refractivity contribution < 1.29 is 13.2 Å². The lowest BCUT2D eigenvalue weighted by molar-refractivity contribution is -0.140. The van der Waals surface area contributed by atoms with Gasteiger partial charge in [0.1, 0.15) is 6.54 Å². The minimum atomic E-state index is -4.51. The summed E-state index contributed by atoms with van der Waals surface area (Å²) in [6, 6.07) is 5.20. The Kier molecular flexibility index (Phi) is 3.64. The quantitative estimate of drug-likeness (QED) is 0.763. The number of allylic oxidation sites excluding steroid dienone is 2. The van der Waals surface area contributed by atoms with Crippen LogP contribution in [0.2, 0.25) is 0 Å². The fourth-order valence-electron chi connectivity index (χ4n) is 3.29. The van der Waals surface area contributed by atoms with Crippen LogP contribution in [0.5, 0.6) is 0 Å². The van der Waals surface area contributed by atoms with E-state index >= 15 is 0 Å². The zero-order valence-corrected chi connectivity index (χ0v) is 13.8. The van der Waals surface area contributed by atoms with E-state index in [9.17, 15) is 18.0 Å². The second kappa shape index (κ2) is 5.76. The molecule has 3 aromatic rings. The predicted octanol–water partition coefficient (Wildman–Crippen LogP) is 3.28. The van der Waals surface area contributed by atoms with Crippen molar-refractivity contribution in [1.82, 2.24) is 19.7 Å². The van der Waals surface area contributed by atoms with Crippen LogP contribution in [0.1, 0.15) is 5.56 Å². The van der Waals surface area contributed by atoms with Gasteiger partial charge in [-0.1, -0.05) is 24.3 Å². The Hall–Kier alpha value is -3.03. The summed E-state index contributed by atoms with van der Waals surface area (Å²) in [5, 5.41) is 7.22. The Morgan fingerprint density at radius 1 is 1.27 bits per heavy atom. The predicted molar refractivity (Wildman–Crippen MR) is 93.7 cm³/mol. The Labute approximate surface area is 146 Å². The molecule has 0 spiro atoms. The molecule has 0 fully saturated rings. The van der Waals surface area contributed by atoms with Gasteiger partial charge in [-0.15, -0.1) is 0 Å². The minimum Gasteiger partial charge on any atom is -0.370 e. The van der Waals surface area contributed by atoms with Crippen molar-refractivity contribution in [2.75, 3.05) is 13.6 Å². The molecule has 26 heavy (non-hydrogen) atoms. The van der Waals surface area contributed by atoms with Crippen LogP contribution in [0, 0.1) is 0 Å². The Morgan fingerprint density at radius 3 is 2.81 bits per heavy atom. The van der Waals surface area contributed by atoms with Crippen LogP contribution in [0.3, 0.4) is 0 Å². The lowest BCUT2D eigenvalue weighted by Gasteiger charge is -2.24. The summed E-state index contributed by atoms with van der Waals surface area (Å²) in [7, 11) is 1.90. The van der Waals surface area contributed by atoms with Crippen LogP contribution in [0.15, 0.2) is 47.4 Å². The van der Waals surface area contributed by atoms with Crippen LogP contribution >= 0.6 is 0 Å². The highest BCUT2D eigenvalue weighted by molar-refractivity contribution is 6.03. The molecule has 1 aliphatic rings. The van der Waals surface area contributed by atoms with E-state index in [2.05, 4.69) is 10.2 Å². The van der Waals surface area contributed by atoms with Gasteiger partial charge in [0.2, 0.25) is 0 Å². The molecule has 134 valence electrons. The summed E-state index contributed by atoms with van der Waals surface area (Å²) < 4.78 is 40.0. The fraction of sp³-hybridized carbons (Fsp3) is 0.222. The zero-order valence-electron chi connectivity index (χ0n) is 13.8. The largest absolute Gasteiger partial charge is 0.406 e. The van der Waals surface area contributed by atoms with E-state index in [4.69, 9.17) is 0 Å². The van der Waals surface area contributed by atoms with Crippen molar-refractivity contribution in [3.63, 3.8) is 0 Å². The number of alkyl halides is 3. The van der Waals surface area contributed by atoms with E-state index in [0.717, 1.165) is 15.8 Å². The number of aromatic amines is 1. The van der Waals surface area contributed by atoms with Crippen LogP contribution < -0.4 is 5.56 Å². The van der Waals surface area contributed by atoms with Gasteiger partial charge in [-0.25, -0.2) is 0 Å². The number of nitrogens with one attached hydrogen (secondary N) is 1. The number of fused-ring (bicyclic) bond motifs is 3. The molecule has 1 N–H and O–H groups in total. The molecule has 0 saturated carbocycles. The van der Waals surface area contributed by atoms with Gasteiger partial charge in [-0.2, -0.15) is 18.3 Å². The standard InChI is InChI=1S/C18H15F3N4O/c1-24-7-3-2-4-14(24)11-5-6-12-15(8-11)25(10-18(19,20)21)17(26)13-9-22-23-16(12)13/h2-6,8-9H,7,10H2,1H3,(H,22,23). The number of likely N-dealkylation sites (N-methyl/N-ethyl adjacent to an activating group) is 1. The van der Waals surface area contributed by atoms with Crippen LogP contribution in [-0.2, 0) is 6.54 Å². The number of pyridine rings is 1. The number of hydrogen-bond donors (Lipinski definition) is 1. The third-order valence-electron chi connectivity index (χ3n) is 4.49.